The van der Waals surface area contributed by atoms with Crippen LogP contribution in [0.25, 0.3) is 0 Å². The van der Waals surface area contributed by atoms with Gasteiger partial charge in [0.2, 0.25) is 0 Å². The van der Waals surface area contributed by atoms with Gasteiger partial charge in [-0.1, -0.05) is 30.3 Å². The molecule has 1 N–H and O–H groups in total. The van der Waals surface area contributed by atoms with Crippen LogP contribution in [0.15, 0.2) is 48.5 Å². The van der Waals surface area contributed by atoms with E-state index in [1.807, 2.05) is 43.3 Å². The van der Waals surface area contributed by atoms with Crippen molar-refractivity contribution in [1.29, 1.82) is 5.26 Å². The van der Waals surface area contributed by atoms with E-state index in [1.165, 1.54) is 5.56 Å². The van der Waals surface area contributed by atoms with Crippen LogP contribution in [-0.2, 0) is 0 Å². The molecule has 1 atom stereocenters. The highest BCUT2D eigenvalue weighted by atomic mass is 14.9. The molecule has 0 aliphatic carbocycles. The zero-order valence-corrected chi connectivity index (χ0v) is 10.6. The van der Waals surface area contributed by atoms with Gasteiger partial charge in [-0.25, -0.2) is 0 Å². The molecule has 0 bridgehead atoms. The number of rotatable bonds is 3. The summed E-state index contributed by atoms with van der Waals surface area (Å²) in [5.41, 5.74) is 4.03. The van der Waals surface area contributed by atoms with E-state index in [4.69, 9.17) is 5.26 Å². The molecule has 2 heteroatoms. The second kappa shape index (κ2) is 5.37. The van der Waals surface area contributed by atoms with Crippen LogP contribution >= 0.6 is 0 Å². The molecule has 0 unspecified atom stereocenters. The lowest BCUT2D eigenvalue weighted by molar-refractivity contribution is 0.884. The van der Waals surface area contributed by atoms with Crippen LogP contribution in [0.1, 0.15) is 29.7 Å². The number of hydrogen-bond acceptors (Lipinski definition) is 2. The fraction of sp³-hybridized carbons (Fsp3) is 0.188. The van der Waals surface area contributed by atoms with Crippen LogP contribution in [0.5, 0.6) is 0 Å². The molecule has 0 spiro atoms. The molecule has 0 aliphatic heterocycles. The summed E-state index contributed by atoms with van der Waals surface area (Å²) in [6.07, 6.45) is 0. The van der Waals surface area contributed by atoms with Crippen molar-refractivity contribution in [2.45, 2.75) is 19.9 Å². The third-order valence-corrected chi connectivity index (χ3v) is 3.03. The van der Waals surface area contributed by atoms with Crippen LogP contribution in [-0.4, -0.2) is 0 Å². The highest BCUT2D eigenvalue weighted by Gasteiger charge is 2.05. The van der Waals surface area contributed by atoms with Crippen LogP contribution < -0.4 is 5.32 Å². The first-order valence-electron chi connectivity index (χ1n) is 6.03. The largest absolute Gasteiger partial charge is 0.379 e. The predicted molar refractivity (Wildman–Crippen MR) is 74.4 cm³/mol. The molecule has 18 heavy (non-hydrogen) atoms. The van der Waals surface area contributed by atoms with Crippen LogP contribution in [0.3, 0.4) is 0 Å². The van der Waals surface area contributed by atoms with E-state index in [2.05, 4.69) is 30.4 Å². The van der Waals surface area contributed by atoms with Crippen molar-refractivity contribution in [2.75, 3.05) is 5.32 Å². The van der Waals surface area contributed by atoms with E-state index in [0.717, 1.165) is 16.8 Å². The molecular formula is C16H16N2. The van der Waals surface area contributed by atoms with Gasteiger partial charge in [-0.15, -0.1) is 0 Å². The van der Waals surface area contributed by atoms with Gasteiger partial charge in [-0.2, -0.15) is 5.26 Å². The predicted octanol–water partition coefficient (Wildman–Crippen LogP) is 4.04. The molecule has 0 fully saturated rings. The van der Waals surface area contributed by atoms with Gasteiger partial charge in [-0.3, -0.25) is 0 Å². The van der Waals surface area contributed by atoms with E-state index in [1.54, 1.807) is 0 Å². The number of anilines is 1. The monoisotopic (exact) mass is 236 g/mol. The molecule has 0 radical (unpaired) electrons. The maximum atomic E-state index is 8.90. The average Bonchev–Trinajstić information content (AvgIpc) is 2.40. The minimum absolute atomic E-state index is 0.249. The summed E-state index contributed by atoms with van der Waals surface area (Å²) in [4.78, 5) is 0. The van der Waals surface area contributed by atoms with E-state index in [9.17, 15) is 0 Å². The Bertz CT molecular complexity index is 567. The Morgan fingerprint density at radius 2 is 1.83 bits per heavy atom. The lowest BCUT2D eigenvalue weighted by Gasteiger charge is -2.16. The van der Waals surface area contributed by atoms with E-state index >= 15 is 0 Å². The van der Waals surface area contributed by atoms with Crippen molar-refractivity contribution < 1.29 is 0 Å². The summed E-state index contributed by atoms with van der Waals surface area (Å²) in [6, 6.07) is 18.6. The molecule has 2 aromatic rings. The standard InChI is InChI=1S/C16H16N2/c1-12-10-16(9-8-15(12)11-17)18-13(2)14-6-4-3-5-7-14/h3-10,13,18H,1-2H3/t13-/m0/s1. The molecule has 0 aliphatic rings. The minimum atomic E-state index is 0.249. The zero-order valence-electron chi connectivity index (χ0n) is 10.6. The third-order valence-electron chi connectivity index (χ3n) is 3.03. The Morgan fingerprint density at radius 3 is 2.44 bits per heavy atom. The van der Waals surface area contributed by atoms with Crippen LogP contribution in [0.4, 0.5) is 5.69 Å². The topological polar surface area (TPSA) is 35.8 Å². The third kappa shape index (κ3) is 2.70. The maximum absolute atomic E-state index is 8.90. The van der Waals surface area contributed by atoms with Gasteiger partial charge in [0.15, 0.2) is 0 Å². The SMILES string of the molecule is Cc1cc(N[C@@H](C)c2ccccc2)ccc1C#N. The summed E-state index contributed by atoms with van der Waals surface area (Å²) in [6.45, 7) is 4.08. The molecule has 2 aromatic carbocycles. The van der Waals surface area contributed by atoms with Gasteiger partial charge in [0.25, 0.3) is 0 Å². The van der Waals surface area contributed by atoms with Crippen LogP contribution in [0, 0.1) is 18.3 Å². The molecule has 0 saturated heterocycles. The zero-order chi connectivity index (χ0) is 13.0. The summed E-state index contributed by atoms with van der Waals surface area (Å²) in [7, 11) is 0. The second-order valence-electron chi connectivity index (χ2n) is 4.42. The summed E-state index contributed by atoms with van der Waals surface area (Å²) in [5, 5.41) is 12.3. The van der Waals surface area contributed by atoms with Crippen LogP contribution in [0.2, 0.25) is 0 Å². The number of hydrogen-bond donors (Lipinski definition) is 1. The first-order valence-corrected chi connectivity index (χ1v) is 6.03. The number of benzene rings is 2. The lowest BCUT2D eigenvalue weighted by Crippen LogP contribution is -2.06. The highest BCUT2D eigenvalue weighted by molar-refractivity contribution is 5.52. The summed E-state index contributed by atoms with van der Waals surface area (Å²) >= 11 is 0. The summed E-state index contributed by atoms with van der Waals surface area (Å²) < 4.78 is 0. The van der Waals surface area contributed by atoms with E-state index in [-0.39, 0.29) is 6.04 Å². The Kier molecular flexibility index (Phi) is 3.64. The molecule has 0 amide bonds. The molecular weight excluding hydrogens is 220 g/mol. The average molecular weight is 236 g/mol. The summed E-state index contributed by atoms with van der Waals surface area (Å²) in [5.74, 6) is 0. The fourth-order valence-corrected chi connectivity index (χ4v) is 1.95. The quantitative estimate of drug-likeness (QED) is 0.873. The number of aryl methyl sites for hydroxylation is 1. The Labute approximate surface area is 108 Å². The fourth-order valence-electron chi connectivity index (χ4n) is 1.95. The Balaban J connectivity index is 2.15. The van der Waals surface area contributed by atoms with E-state index < -0.39 is 0 Å². The van der Waals surface area contributed by atoms with Gasteiger partial charge in [-0.05, 0) is 43.2 Å². The van der Waals surface area contributed by atoms with Crippen molar-refractivity contribution in [1.82, 2.24) is 0 Å². The molecule has 90 valence electrons. The number of nitriles is 1. The molecule has 2 nitrogen and oxygen atoms in total. The van der Waals surface area contributed by atoms with Gasteiger partial charge in [0.05, 0.1) is 11.6 Å². The van der Waals surface area contributed by atoms with Crippen molar-refractivity contribution >= 4 is 5.69 Å². The van der Waals surface area contributed by atoms with Gasteiger partial charge >= 0.3 is 0 Å². The normalized spacial score (nSPS) is 11.6. The smallest absolute Gasteiger partial charge is 0.0994 e. The first-order chi connectivity index (χ1) is 8.70. The Hall–Kier alpha value is -2.27. The maximum Gasteiger partial charge on any atom is 0.0994 e. The first kappa shape index (κ1) is 12.2. The van der Waals surface area contributed by atoms with Gasteiger partial charge < -0.3 is 5.32 Å². The molecule has 0 heterocycles. The van der Waals surface area contributed by atoms with Crippen molar-refractivity contribution in [2.24, 2.45) is 0 Å². The van der Waals surface area contributed by atoms with Crippen molar-refractivity contribution in [3.63, 3.8) is 0 Å². The lowest BCUT2D eigenvalue weighted by atomic mass is 10.1. The number of nitrogens with one attached hydrogen (secondary N) is 1. The van der Waals surface area contributed by atoms with Gasteiger partial charge in [0, 0.05) is 11.7 Å². The minimum Gasteiger partial charge on any atom is -0.379 e. The van der Waals surface area contributed by atoms with E-state index in [0.29, 0.717) is 0 Å². The van der Waals surface area contributed by atoms with Gasteiger partial charge in [0.1, 0.15) is 0 Å². The molecule has 0 aromatic heterocycles. The van der Waals surface area contributed by atoms with Crippen molar-refractivity contribution in [3.05, 3.63) is 65.2 Å². The van der Waals surface area contributed by atoms with Crippen molar-refractivity contribution in [3.8, 4) is 6.07 Å². The second-order valence-corrected chi connectivity index (χ2v) is 4.42. The highest BCUT2D eigenvalue weighted by Crippen LogP contribution is 2.21. The Morgan fingerprint density at radius 1 is 1.11 bits per heavy atom. The number of nitrogens with zero attached hydrogens (tertiary/aromatic N) is 1. The molecule has 2 rings (SSSR count). The molecule has 0 saturated carbocycles.